The number of Topliss-reactive ketones (excluding diaryl/α,β-unsaturated/α-hetero) is 1. The van der Waals surface area contributed by atoms with Gasteiger partial charge in [0.25, 0.3) is 5.56 Å². The van der Waals surface area contributed by atoms with Gasteiger partial charge in [0.15, 0.2) is 16.9 Å². The Labute approximate surface area is 181 Å². The summed E-state index contributed by atoms with van der Waals surface area (Å²) in [7, 11) is 1.57. The van der Waals surface area contributed by atoms with Crippen molar-refractivity contribution in [1.82, 2.24) is 28.5 Å². The van der Waals surface area contributed by atoms with Crippen LogP contribution in [0.5, 0.6) is 0 Å². The minimum atomic E-state index is -0.663. The molecule has 168 valence electrons. The van der Waals surface area contributed by atoms with E-state index < -0.39 is 16.7 Å². The van der Waals surface area contributed by atoms with Crippen LogP contribution in [-0.4, -0.2) is 34.2 Å². The van der Waals surface area contributed by atoms with Gasteiger partial charge < -0.3 is 4.57 Å². The number of rotatable bonds is 5. The Kier molecular flexibility index (Phi) is 5.58. The molecule has 3 rings (SSSR count). The second-order valence-electron chi connectivity index (χ2n) is 9.70. The molecule has 0 aliphatic carbocycles. The average Bonchev–Trinajstić information content (AvgIpc) is 3.15. The van der Waals surface area contributed by atoms with Crippen LogP contribution in [0.3, 0.4) is 0 Å². The highest BCUT2D eigenvalue weighted by molar-refractivity contribution is 5.83. The second kappa shape index (κ2) is 7.62. The maximum absolute atomic E-state index is 13.5. The van der Waals surface area contributed by atoms with Gasteiger partial charge in [-0.1, -0.05) is 34.6 Å². The van der Waals surface area contributed by atoms with Crippen LogP contribution in [0.2, 0.25) is 0 Å². The summed E-state index contributed by atoms with van der Waals surface area (Å²) in [5.41, 5.74) is 1.71. The number of hydrogen-bond acceptors (Lipinski definition) is 5. The zero-order valence-electron chi connectivity index (χ0n) is 19.9. The average molecular weight is 429 g/mol. The molecule has 0 amide bonds. The molecule has 0 saturated carbocycles. The molecule has 0 N–H and O–H groups in total. The normalized spacial score (nSPS) is 12.3. The minimum absolute atomic E-state index is 0.185. The molecule has 0 saturated heterocycles. The van der Waals surface area contributed by atoms with Crippen LogP contribution in [0.4, 0.5) is 0 Å². The molecule has 3 aromatic heterocycles. The molecule has 3 heterocycles. The fourth-order valence-corrected chi connectivity index (χ4v) is 3.50. The van der Waals surface area contributed by atoms with E-state index >= 15 is 0 Å². The van der Waals surface area contributed by atoms with Crippen molar-refractivity contribution in [2.24, 2.45) is 18.4 Å². The number of aryl methyl sites for hydroxylation is 2. The third-order valence-electron chi connectivity index (χ3n) is 5.74. The van der Waals surface area contributed by atoms with Gasteiger partial charge in [0.1, 0.15) is 0 Å². The predicted molar refractivity (Wildman–Crippen MR) is 120 cm³/mol. The van der Waals surface area contributed by atoms with E-state index in [2.05, 4.69) is 10.1 Å². The van der Waals surface area contributed by atoms with Crippen LogP contribution in [0.15, 0.2) is 9.59 Å². The number of fused-ring (bicyclic) bond motifs is 1. The third-order valence-corrected chi connectivity index (χ3v) is 5.74. The van der Waals surface area contributed by atoms with E-state index in [-0.39, 0.29) is 23.9 Å². The van der Waals surface area contributed by atoms with Crippen molar-refractivity contribution in [2.45, 2.75) is 68.5 Å². The highest BCUT2D eigenvalue weighted by Crippen LogP contribution is 2.21. The predicted octanol–water partition coefficient (Wildman–Crippen LogP) is 2.28. The van der Waals surface area contributed by atoms with Gasteiger partial charge in [0, 0.05) is 24.7 Å². The van der Waals surface area contributed by atoms with Crippen molar-refractivity contribution in [1.29, 1.82) is 0 Å². The first-order chi connectivity index (χ1) is 14.3. The van der Waals surface area contributed by atoms with Gasteiger partial charge in [-0.05, 0) is 32.3 Å². The van der Waals surface area contributed by atoms with Crippen molar-refractivity contribution in [2.75, 3.05) is 0 Å². The van der Waals surface area contributed by atoms with Crippen molar-refractivity contribution in [3.63, 3.8) is 0 Å². The molecule has 9 heteroatoms. The first-order valence-corrected chi connectivity index (χ1v) is 10.5. The topological polar surface area (TPSA) is 96.7 Å². The zero-order valence-corrected chi connectivity index (χ0v) is 19.9. The first-order valence-electron chi connectivity index (χ1n) is 10.5. The lowest BCUT2D eigenvalue weighted by Gasteiger charge is -2.17. The summed E-state index contributed by atoms with van der Waals surface area (Å²) >= 11 is 0. The van der Waals surface area contributed by atoms with E-state index in [1.165, 1.54) is 4.57 Å². The van der Waals surface area contributed by atoms with E-state index in [4.69, 9.17) is 0 Å². The van der Waals surface area contributed by atoms with Crippen molar-refractivity contribution in [3.05, 3.63) is 37.8 Å². The zero-order chi connectivity index (χ0) is 23.4. The number of ketones is 1. The molecule has 0 atom stereocenters. The molecule has 3 aromatic rings. The summed E-state index contributed by atoms with van der Waals surface area (Å²) < 4.78 is 5.90. The summed E-state index contributed by atoms with van der Waals surface area (Å²) in [6.45, 7) is 15.5. The highest BCUT2D eigenvalue weighted by Gasteiger charge is 2.27. The number of imidazole rings is 1. The Hall–Kier alpha value is -2.97. The second-order valence-corrected chi connectivity index (χ2v) is 9.70. The van der Waals surface area contributed by atoms with Gasteiger partial charge in [-0.15, -0.1) is 0 Å². The molecular formula is C22H32N6O3. The van der Waals surface area contributed by atoms with Crippen molar-refractivity contribution >= 4 is 16.9 Å². The minimum Gasteiger partial charge on any atom is -0.302 e. The maximum Gasteiger partial charge on any atom is 0.332 e. The molecule has 0 aromatic carbocycles. The Balaban J connectivity index is 2.39. The quantitative estimate of drug-likeness (QED) is 0.621. The van der Waals surface area contributed by atoms with Gasteiger partial charge in [0.2, 0.25) is 5.95 Å². The monoisotopic (exact) mass is 428 g/mol. The van der Waals surface area contributed by atoms with Crippen LogP contribution in [0, 0.1) is 32.1 Å². The SMILES string of the molecule is Cc1nn(-c2nc3c(c(=O)n(CC(=O)C(C)(C)C)c(=O)n3C)n2CC(C)C)c(C)c1C. The molecule has 0 unspecified atom stereocenters. The number of carbonyl (C=O) groups is 1. The molecule has 0 radical (unpaired) electrons. The van der Waals surface area contributed by atoms with E-state index in [9.17, 15) is 14.4 Å². The van der Waals surface area contributed by atoms with E-state index in [0.29, 0.717) is 18.0 Å². The molecule has 0 fully saturated rings. The fourth-order valence-electron chi connectivity index (χ4n) is 3.50. The Morgan fingerprint density at radius 1 is 1.06 bits per heavy atom. The summed E-state index contributed by atoms with van der Waals surface area (Å²) in [6.07, 6.45) is 0. The molecule has 0 aliphatic heterocycles. The lowest BCUT2D eigenvalue weighted by molar-refractivity contribution is -0.127. The van der Waals surface area contributed by atoms with Gasteiger partial charge in [-0.2, -0.15) is 10.1 Å². The molecular weight excluding hydrogens is 396 g/mol. The Morgan fingerprint density at radius 2 is 1.68 bits per heavy atom. The number of carbonyl (C=O) groups excluding carboxylic acids is 1. The molecule has 0 aliphatic rings. The number of nitrogens with zero attached hydrogens (tertiary/aromatic N) is 6. The smallest absolute Gasteiger partial charge is 0.302 e. The van der Waals surface area contributed by atoms with Gasteiger partial charge in [0.05, 0.1) is 12.2 Å². The number of hydrogen-bond donors (Lipinski definition) is 0. The summed E-state index contributed by atoms with van der Waals surface area (Å²) in [5, 5.41) is 4.61. The summed E-state index contributed by atoms with van der Waals surface area (Å²) in [5.74, 6) is 0.523. The van der Waals surface area contributed by atoms with E-state index in [1.54, 1.807) is 32.5 Å². The summed E-state index contributed by atoms with van der Waals surface area (Å²) in [6, 6.07) is 0. The van der Waals surface area contributed by atoms with Gasteiger partial charge >= 0.3 is 5.69 Å². The highest BCUT2D eigenvalue weighted by atomic mass is 16.2. The van der Waals surface area contributed by atoms with Crippen molar-refractivity contribution < 1.29 is 4.79 Å². The van der Waals surface area contributed by atoms with Crippen LogP contribution in [0.25, 0.3) is 17.1 Å². The first kappa shape index (κ1) is 22.7. The summed E-state index contributed by atoms with van der Waals surface area (Å²) in [4.78, 5) is 43.7. The lowest BCUT2D eigenvalue weighted by atomic mass is 9.91. The van der Waals surface area contributed by atoms with E-state index in [1.807, 2.05) is 39.2 Å². The standard InChI is InChI=1S/C22H32N6O3/c1-12(2)10-26-17-18(23-20(26)28-15(5)13(3)14(4)24-28)25(9)21(31)27(19(17)30)11-16(29)22(6,7)8/h12H,10-11H2,1-9H3. The molecule has 9 nitrogen and oxygen atoms in total. The molecule has 31 heavy (non-hydrogen) atoms. The van der Waals surface area contributed by atoms with E-state index in [0.717, 1.165) is 21.5 Å². The van der Waals surface area contributed by atoms with Crippen LogP contribution in [-0.2, 0) is 24.9 Å². The largest absolute Gasteiger partial charge is 0.332 e. The third kappa shape index (κ3) is 3.77. The van der Waals surface area contributed by atoms with Crippen LogP contribution >= 0.6 is 0 Å². The maximum atomic E-state index is 13.5. The Morgan fingerprint density at radius 3 is 2.16 bits per heavy atom. The van der Waals surface area contributed by atoms with Crippen molar-refractivity contribution in [3.8, 4) is 5.95 Å². The van der Waals surface area contributed by atoms with Crippen LogP contribution < -0.4 is 11.2 Å². The van der Waals surface area contributed by atoms with Gasteiger partial charge in [-0.3, -0.25) is 18.7 Å². The fraction of sp³-hybridized carbons (Fsp3) is 0.591. The number of aromatic nitrogens is 6. The molecule has 0 bridgehead atoms. The van der Waals surface area contributed by atoms with Crippen LogP contribution in [0.1, 0.15) is 51.6 Å². The lowest BCUT2D eigenvalue weighted by Crippen LogP contribution is -2.43. The Bertz CT molecular complexity index is 1290. The van der Waals surface area contributed by atoms with Gasteiger partial charge in [-0.25, -0.2) is 9.48 Å². The molecule has 0 spiro atoms.